The Morgan fingerprint density at radius 2 is 2.11 bits per heavy atom. The molecule has 18 heavy (non-hydrogen) atoms. The highest BCUT2D eigenvalue weighted by molar-refractivity contribution is 6.06. The first-order valence-corrected chi connectivity index (χ1v) is 5.36. The van der Waals surface area contributed by atoms with Crippen molar-refractivity contribution in [3.63, 3.8) is 0 Å². The van der Waals surface area contributed by atoms with Crippen LogP contribution in [0.5, 0.6) is 0 Å². The molecular formula is C13H12FN3O. The standard InChI is InChI=1S/C13H12FN3O/c1-8-4-2-5-9(14)11(8)17-13(18)12-10(15)6-3-7-16-12/h2-7H,15H2,1H3,(H,17,18). The molecule has 0 bridgehead atoms. The molecule has 3 N–H and O–H groups in total. The fourth-order valence-corrected chi connectivity index (χ4v) is 1.57. The third-order valence-electron chi connectivity index (χ3n) is 2.51. The second kappa shape index (κ2) is 4.83. The summed E-state index contributed by atoms with van der Waals surface area (Å²) in [5.41, 5.74) is 6.75. The van der Waals surface area contributed by atoms with Crippen LogP contribution in [0.15, 0.2) is 36.5 Å². The van der Waals surface area contributed by atoms with E-state index < -0.39 is 11.7 Å². The molecular weight excluding hydrogens is 233 g/mol. The molecule has 0 aliphatic heterocycles. The molecule has 1 heterocycles. The lowest BCUT2D eigenvalue weighted by Crippen LogP contribution is -2.17. The van der Waals surface area contributed by atoms with Gasteiger partial charge < -0.3 is 11.1 Å². The molecule has 2 rings (SSSR count). The third kappa shape index (κ3) is 2.29. The maximum Gasteiger partial charge on any atom is 0.276 e. The zero-order valence-corrected chi connectivity index (χ0v) is 9.77. The monoisotopic (exact) mass is 245 g/mol. The Kier molecular flexibility index (Phi) is 3.23. The molecule has 1 aromatic heterocycles. The van der Waals surface area contributed by atoms with Gasteiger partial charge in [0.2, 0.25) is 0 Å². The Balaban J connectivity index is 2.30. The fourth-order valence-electron chi connectivity index (χ4n) is 1.57. The molecule has 0 fully saturated rings. The predicted molar refractivity (Wildman–Crippen MR) is 67.7 cm³/mol. The Labute approximate surface area is 104 Å². The van der Waals surface area contributed by atoms with E-state index in [0.717, 1.165) is 0 Å². The van der Waals surface area contributed by atoms with Gasteiger partial charge in [-0.1, -0.05) is 12.1 Å². The van der Waals surface area contributed by atoms with Crippen molar-refractivity contribution in [2.24, 2.45) is 0 Å². The fraction of sp³-hybridized carbons (Fsp3) is 0.0769. The molecule has 4 nitrogen and oxygen atoms in total. The molecule has 0 spiro atoms. The SMILES string of the molecule is Cc1cccc(F)c1NC(=O)c1ncccc1N. The van der Waals surface area contributed by atoms with E-state index in [0.29, 0.717) is 5.56 Å². The van der Waals surface area contributed by atoms with Crippen molar-refractivity contribution >= 4 is 17.3 Å². The number of pyridine rings is 1. The molecule has 0 saturated carbocycles. The number of carbonyl (C=O) groups is 1. The van der Waals surface area contributed by atoms with Crippen LogP contribution in [0.2, 0.25) is 0 Å². The van der Waals surface area contributed by atoms with Crippen LogP contribution in [0.3, 0.4) is 0 Å². The summed E-state index contributed by atoms with van der Waals surface area (Å²) >= 11 is 0. The summed E-state index contributed by atoms with van der Waals surface area (Å²) < 4.78 is 13.6. The molecule has 0 unspecified atom stereocenters. The smallest absolute Gasteiger partial charge is 0.276 e. The third-order valence-corrected chi connectivity index (χ3v) is 2.51. The van der Waals surface area contributed by atoms with Crippen molar-refractivity contribution in [2.75, 3.05) is 11.1 Å². The van der Waals surface area contributed by atoms with E-state index in [-0.39, 0.29) is 17.1 Å². The van der Waals surface area contributed by atoms with Gasteiger partial charge in [0.05, 0.1) is 11.4 Å². The lowest BCUT2D eigenvalue weighted by Gasteiger charge is -2.09. The molecule has 92 valence electrons. The molecule has 0 saturated heterocycles. The van der Waals surface area contributed by atoms with Crippen LogP contribution in [-0.4, -0.2) is 10.9 Å². The number of anilines is 2. The number of halogens is 1. The first kappa shape index (κ1) is 12.0. The quantitative estimate of drug-likeness (QED) is 0.853. The average Bonchev–Trinajstić information content (AvgIpc) is 2.34. The number of amides is 1. The van der Waals surface area contributed by atoms with Crippen molar-refractivity contribution in [1.82, 2.24) is 4.98 Å². The Morgan fingerprint density at radius 3 is 2.78 bits per heavy atom. The minimum absolute atomic E-state index is 0.0835. The second-order valence-corrected chi connectivity index (χ2v) is 3.83. The van der Waals surface area contributed by atoms with Gasteiger partial charge in [0, 0.05) is 6.20 Å². The maximum atomic E-state index is 13.6. The number of nitrogens with two attached hydrogens (primary N) is 1. The minimum atomic E-state index is -0.527. The van der Waals surface area contributed by atoms with Crippen LogP contribution in [0.4, 0.5) is 15.8 Å². The molecule has 2 aromatic rings. The minimum Gasteiger partial charge on any atom is -0.397 e. The number of carbonyl (C=O) groups excluding carboxylic acids is 1. The van der Waals surface area contributed by atoms with Gasteiger partial charge in [-0.15, -0.1) is 0 Å². The van der Waals surface area contributed by atoms with E-state index in [1.165, 1.54) is 12.3 Å². The van der Waals surface area contributed by atoms with Crippen LogP contribution in [0.1, 0.15) is 16.1 Å². The highest BCUT2D eigenvalue weighted by atomic mass is 19.1. The summed E-state index contributed by atoms with van der Waals surface area (Å²) in [5.74, 6) is -1.01. The van der Waals surface area contributed by atoms with Crippen LogP contribution < -0.4 is 11.1 Å². The van der Waals surface area contributed by atoms with Crippen molar-refractivity contribution < 1.29 is 9.18 Å². The summed E-state index contributed by atoms with van der Waals surface area (Å²) in [4.78, 5) is 15.8. The van der Waals surface area contributed by atoms with E-state index in [4.69, 9.17) is 5.73 Å². The number of nitrogens with zero attached hydrogens (tertiary/aromatic N) is 1. The van der Waals surface area contributed by atoms with Gasteiger partial charge in [0.15, 0.2) is 5.69 Å². The van der Waals surface area contributed by atoms with E-state index in [9.17, 15) is 9.18 Å². The van der Waals surface area contributed by atoms with Gasteiger partial charge in [-0.2, -0.15) is 0 Å². The van der Waals surface area contributed by atoms with Crippen molar-refractivity contribution in [2.45, 2.75) is 6.92 Å². The molecule has 0 atom stereocenters. The normalized spacial score (nSPS) is 10.1. The molecule has 0 aliphatic carbocycles. The summed E-state index contributed by atoms with van der Waals surface area (Å²) in [6.45, 7) is 1.71. The summed E-state index contributed by atoms with van der Waals surface area (Å²) in [7, 11) is 0. The van der Waals surface area contributed by atoms with Gasteiger partial charge in [-0.25, -0.2) is 9.37 Å². The van der Waals surface area contributed by atoms with Crippen molar-refractivity contribution in [1.29, 1.82) is 0 Å². The van der Waals surface area contributed by atoms with Gasteiger partial charge in [0.25, 0.3) is 5.91 Å². The lowest BCUT2D eigenvalue weighted by molar-refractivity contribution is 0.102. The van der Waals surface area contributed by atoms with E-state index >= 15 is 0 Å². The molecule has 1 amide bonds. The molecule has 1 aromatic carbocycles. The number of nitrogens with one attached hydrogen (secondary N) is 1. The zero-order chi connectivity index (χ0) is 13.1. The highest BCUT2D eigenvalue weighted by Gasteiger charge is 2.14. The zero-order valence-electron chi connectivity index (χ0n) is 9.77. The van der Waals surface area contributed by atoms with Crippen molar-refractivity contribution in [3.8, 4) is 0 Å². The van der Waals surface area contributed by atoms with Crippen LogP contribution in [0, 0.1) is 12.7 Å². The predicted octanol–water partition coefficient (Wildman–Crippen LogP) is 2.36. The number of nitrogen functional groups attached to an aromatic ring is 1. The lowest BCUT2D eigenvalue weighted by atomic mass is 10.2. The number of aryl methyl sites for hydroxylation is 1. The molecule has 0 aliphatic rings. The van der Waals surface area contributed by atoms with E-state index in [1.54, 1.807) is 31.2 Å². The first-order chi connectivity index (χ1) is 8.59. The van der Waals surface area contributed by atoms with E-state index in [1.807, 2.05) is 0 Å². The number of para-hydroxylation sites is 1. The number of hydrogen-bond donors (Lipinski definition) is 2. The van der Waals surface area contributed by atoms with Gasteiger partial charge in [-0.05, 0) is 30.7 Å². The second-order valence-electron chi connectivity index (χ2n) is 3.83. The first-order valence-electron chi connectivity index (χ1n) is 5.36. The highest BCUT2D eigenvalue weighted by Crippen LogP contribution is 2.20. The number of benzene rings is 1. The molecule has 5 heteroatoms. The van der Waals surface area contributed by atoms with Gasteiger partial charge in [0.1, 0.15) is 5.82 Å². The number of hydrogen-bond acceptors (Lipinski definition) is 3. The largest absolute Gasteiger partial charge is 0.397 e. The number of aromatic nitrogens is 1. The number of rotatable bonds is 2. The van der Waals surface area contributed by atoms with Crippen LogP contribution in [-0.2, 0) is 0 Å². The van der Waals surface area contributed by atoms with Crippen molar-refractivity contribution in [3.05, 3.63) is 53.6 Å². The molecule has 0 radical (unpaired) electrons. The van der Waals surface area contributed by atoms with E-state index in [2.05, 4.69) is 10.3 Å². The van der Waals surface area contributed by atoms with Gasteiger partial charge in [-0.3, -0.25) is 4.79 Å². The Bertz CT molecular complexity index is 578. The van der Waals surface area contributed by atoms with Crippen LogP contribution in [0.25, 0.3) is 0 Å². The van der Waals surface area contributed by atoms with Crippen LogP contribution >= 0.6 is 0 Å². The summed E-state index contributed by atoms with van der Waals surface area (Å²) in [6, 6.07) is 7.76. The topological polar surface area (TPSA) is 68.0 Å². The Hall–Kier alpha value is -2.43. The average molecular weight is 245 g/mol. The summed E-state index contributed by atoms with van der Waals surface area (Å²) in [5, 5.41) is 2.48. The maximum absolute atomic E-state index is 13.6. The summed E-state index contributed by atoms with van der Waals surface area (Å²) in [6.07, 6.45) is 1.46. The Morgan fingerprint density at radius 1 is 1.33 bits per heavy atom. The van der Waals surface area contributed by atoms with Gasteiger partial charge >= 0.3 is 0 Å².